The summed E-state index contributed by atoms with van der Waals surface area (Å²) in [5, 5.41) is 0.382. The van der Waals surface area contributed by atoms with Crippen LogP contribution in [0.1, 0.15) is 27.9 Å². The fourth-order valence-corrected chi connectivity index (χ4v) is 3.64. The van der Waals surface area contributed by atoms with Gasteiger partial charge in [-0.15, -0.1) is 0 Å². The molecule has 2 aromatic carbocycles. The average Bonchev–Trinajstić information content (AvgIpc) is 3.13. The molecule has 8 heteroatoms. The maximum atomic E-state index is 13.1. The normalized spacial score (nSPS) is 10.5. The van der Waals surface area contributed by atoms with Gasteiger partial charge in [0.05, 0.1) is 18.8 Å². The topological polar surface area (TPSA) is 68.7 Å². The monoisotopic (exact) mass is 428 g/mol. The van der Waals surface area contributed by atoms with Crippen molar-refractivity contribution >= 4 is 28.3 Å². The largest absolute Gasteiger partial charge is 0.484 e. The molecule has 0 unspecified atom stereocenters. The number of carbonyl (C=O) groups excluding carboxylic acids is 2. The Morgan fingerprint density at radius 3 is 2.47 bits per heavy atom. The van der Waals surface area contributed by atoms with Gasteiger partial charge >= 0.3 is 5.97 Å². The molecular weight excluding hydrogens is 407 g/mol. The number of anilines is 1. The first-order valence-corrected chi connectivity index (χ1v) is 10.2. The molecule has 1 aromatic heterocycles. The minimum absolute atomic E-state index is 0.254. The van der Waals surface area contributed by atoms with E-state index in [1.807, 2.05) is 30.3 Å². The lowest BCUT2D eigenvalue weighted by Crippen LogP contribution is -2.34. The lowest BCUT2D eigenvalue weighted by molar-refractivity contribution is -0.120. The minimum Gasteiger partial charge on any atom is -0.484 e. The zero-order chi connectivity index (χ0) is 21.5. The third-order valence-electron chi connectivity index (χ3n) is 4.14. The number of ether oxygens (including phenoxy) is 2. The van der Waals surface area contributed by atoms with Crippen LogP contribution in [0.4, 0.5) is 9.52 Å². The van der Waals surface area contributed by atoms with Crippen LogP contribution in [0.2, 0.25) is 0 Å². The molecule has 0 radical (unpaired) electrons. The first-order valence-electron chi connectivity index (χ1n) is 9.35. The second kappa shape index (κ2) is 9.98. The molecule has 0 fully saturated rings. The van der Waals surface area contributed by atoms with E-state index in [0.29, 0.717) is 21.5 Å². The molecule has 0 atom stereocenters. The van der Waals surface area contributed by atoms with Crippen LogP contribution >= 0.6 is 11.3 Å². The van der Waals surface area contributed by atoms with Crippen molar-refractivity contribution in [1.82, 2.24) is 4.98 Å². The predicted octanol–water partition coefficient (Wildman–Crippen LogP) is 4.38. The molecule has 6 nitrogen and oxygen atoms in total. The van der Waals surface area contributed by atoms with E-state index in [2.05, 4.69) is 4.98 Å². The summed E-state index contributed by atoms with van der Waals surface area (Å²) >= 11 is 1.10. The number of halogens is 1. The molecule has 0 N–H and O–H groups in total. The fourth-order valence-electron chi connectivity index (χ4n) is 2.67. The Labute approximate surface area is 177 Å². The average molecular weight is 428 g/mol. The number of esters is 1. The Balaban J connectivity index is 1.83. The number of amides is 1. The summed E-state index contributed by atoms with van der Waals surface area (Å²) in [6.07, 6.45) is 0. The van der Waals surface area contributed by atoms with Crippen LogP contribution in [0.25, 0.3) is 0 Å². The van der Waals surface area contributed by atoms with Gasteiger partial charge in [0.15, 0.2) is 11.7 Å². The molecule has 3 rings (SSSR count). The predicted molar refractivity (Wildman–Crippen MR) is 112 cm³/mol. The molecule has 0 aliphatic rings. The van der Waals surface area contributed by atoms with Gasteiger partial charge in [0.1, 0.15) is 16.4 Å². The van der Waals surface area contributed by atoms with Gasteiger partial charge in [-0.05, 0) is 43.7 Å². The highest BCUT2D eigenvalue weighted by Gasteiger charge is 2.24. The lowest BCUT2D eigenvalue weighted by Gasteiger charge is -2.20. The summed E-state index contributed by atoms with van der Waals surface area (Å²) in [5.74, 6) is -0.808. The highest BCUT2D eigenvalue weighted by atomic mass is 32.1. The maximum absolute atomic E-state index is 13.1. The number of thiazole rings is 1. The molecule has 0 spiro atoms. The zero-order valence-electron chi connectivity index (χ0n) is 16.6. The molecule has 0 bridgehead atoms. The van der Waals surface area contributed by atoms with Gasteiger partial charge in [0.2, 0.25) is 0 Å². The molecular formula is C22H21FN2O4S. The van der Waals surface area contributed by atoms with Crippen molar-refractivity contribution in [1.29, 1.82) is 0 Å². The van der Waals surface area contributed by atoms with Gasteiger partial charge in [0, 0.05) is 0 Å². The molecule has 0 saturated heterocycles. The van der Waals surface area contributed by atoms with Crippen molar-refractivity contribution in [2.24, 2.45) is 0 Å². The number of aryl methyl sites for hydroxylation is 1. The van der Waals surface area contributed by atoms with Crippen LogP contribution < -0.4 is 9.64 Å². The maximum Gasteiger partial charge on any atom is 0.350 e. The van der Waals surface area contributed by atoms with Crippen LogP contribution in [0.15, 0.2) is 54.6 Å². The summed E-state index contributed by atoms with van der Waals surface area (Å²) in [6.45, 7) is 3.69. The van der Waals surface area contributed by atoms with Crippen LogP contribution in [0.5, 0.6) is 5.75 Å². The summed E-state index contributed by atoms with van der Waals surface area (Å²) in [4.78, 5) is 31.4. The SMILES string of the molecule is CCOC(=O)c1sc(N(Cc2ccccc2)C(=O)COc2ccc(F)cc2)nc1C. The lowest BCUT2D eigenvalue weighted by atomic mass is 10.2. The molecule has 1 amide bonds. The van der Waals surface area contributed by atoms with E-state index in [4.69, 9.17) is 9.47 Å². The van der Waals surface area contributed by atoms with Crippen LogP contribution in [-0.4, -0.2) is 30.1 Å². The summed E-state index contributed by atoms with van der Waals surface area (Å²) < 4.78 is 23.6. The van der Waals surface area contributed by atoms with Gasteiger partial charge in [0.25, 0.3) is 5.91 Å². The van der Waals surface area contributed by atoms with E-state index in [9.17, 15) is 14.0 Å². The number of hydrogen-bond donors (Lipinski definition) is 0. The van der Waals surface area contributed by atoms with Gasteiger partial charge in [-0.25, -0.2) is 14.2 Å². The van der Waals surface area contributed by atoms with E-state index in [0.717, 1.165) is 16.9 Å². The number of carbonyl (C=O) groups is 2. The van der Waals surface area contributed by atoms with Crippen LogP contribution in [0, 0.1) is 12.7 Å². The highest BCUT2D eigenvalue weighted by molar-refractivity contribution is 7.17. The standard InChI is InChI=1S/C22H21FN2O4S/c1-3-28-21(27)20-15(2)24-22(30-20)25(13-16-7-5-4-6-8-16)19(26)14-29-18-11-9-17(23)10-12-18/h4-12H,3,13-14H2,1-2H3. The van der Waals surface area contributed by atoms with E-state index in [-0.39, 0.29) is 31.5 Å². The second-order valence-corrected chi connectivity index (χ2v) is 7.32. The second-order valence-electron chi connectivity index (χ2n) is 6.34. The number of hydrogen-bond acceptors (Lipinski definition) is 6. The first kappa shape index (κ1) is 21.4. The molecule has 1 heterocycles. The third kappa shape index (κ3) is 5.42. The number of nitrogens with zero attached hydrogens (tertiary/aromatic N) is 2. The van der Waals surface area contributed by atoms with Crippen molar-refractivity contribution < 1.29 is 23.5 Å². The Morgan fingerprint density at radius 1 is 1.10 bits per heavy atom. The Kier molecular flexibility index (Phi) is 7.13. The van der Waals surface area contributed by atoms with Crippen LogP contribution in [-0.2, 0) is 16.1 Å². The van der Waals surface area contributed by atoms with Gasteiger partial charge in [-0.2, -0.15) is 0 Å². The number of rotatable bonds is 8. The molecule has 30 heavy (non-hydrogen) atoms. The van der Waals surface area contributed by atoms with Crippen molar-refractivity contribution in [2.45, 2.75) is 20.4 Å². The van der Waals surface area contributed by atoms with Crippen molar-refractivity contribution in [3.05, 3.63) is 76.5 Å². The number of aromatic nitrogens is 1. The quantitative estimate of drug-likeness (QED) is 0.498. The van der Waals surface area contributed by atoms with E-state index in [1.165, 1.54) is 29.2 Å². The Bertz CT molecular complexity index is 1010. The first-order chi connectivity index (χ1) is 14.5. The van der Waals surface area contributed by atoms with Crippen molar-refractivity contribution in [3.63, 3.8) is 0 Å². The summed E-state index contributed by atoms with van der Waals surface area (Å²) in [7, 11) is 0. The minimum atomic E-state index is -0.464. The van der Waals surface area contributed by atoms with E-state index in [1.54, 1.807) is 13.8 Å². The Morgan fingerprint density at radius 2 is 1.80 bits per heavy atom. The summed E-state index contributed by atoms with van der Waals surface area (Å²) in [5.41, 5.74) is 1.40. The molecule has 0 aliphatic carbocycles. The van der Waals surface area contributed by atoms with Gasteiger partial charge < -0.3 is 9.47 Å². The van der Waals surface area contributed by atoms with Crippen molar-refractivity contribution in [3.8, 4) is 5.75 Å². The molecule has 0 saturated carbocycles. The van der Waals surface area contributed by atoms with Gasteiger partial charge in [-0.3, -0.25) is 9.69 Å². The van der Waals surface area contributed by atoms with E-state index < -0.39 is 5.97 Å². The third-order valence-corrected chi connectivity index (χ3v) is 5.30. The molecule has 0 aliphatic heterocycles. The highest BCUT2D eigenvalue weighted by Crippen LogP contribution is 2.28. The smallest absolute Gasteiger partial charge is 0.350 e. The summed E-state index contributed by atoms with van der Waals surface area (Å²) in [6, 6.07) is 14.9. The molecule has 156 valence electrons. The van der Waals surface area contributed by atoms with E-state index >= 15 is 0 Å². The fraction of sp³-hybridized carbons (Fsp3) is 0.227. The van der Waals surface area contributed by atoms with Crippen molar-refractivity contribution in [2.75, 3.05) is 18.1 Å². The zero-order valence-corrected chi connectivity index (χ0v) is 17.4. The van der Waals surface area contributed by atoms with Gasteiger partial charge in [-0.1, -0.05) is 41.7 Å². The Hall–Kier alpha value is -3.26. The molecule has 3 aromatic rings. The van der Waals surface area contributed by atoms with Crippen LogP contribution in [0.3, 0.4) is 0 Å². The number of benzene rings is 2.